The third kappa shape index (κ3) is 3.71. The Bertz CT molecular complexity index is 1020. The van der Waals surface area contributed by atoms with Gasteiger partial charge < -0.3 is 9.47 Å². The quantitative estimate of drug-likeness (QED) is 0.613. The van der Waals surface area contributed by atoms with Crippen molar-refractivity contribution < 1.29 is 18.2 Å². The van der Waals surface area contributed by atoms with Gasteiger partial charge in [0.2, 0.25) is 11.3 Å². The molecule has 1 fully saturated rings. The second-order valence-corrected chi connectivity index (χ2v) is 7.61. The molecular weight excluding hydrogens is 378 g/mol. The van der Waals surface area contributed by atoms with Crippen LogP contribution in [0.1, 0.15) is 18.4 Å². The van der Waals surface area contributed by atoms with Crippen molar-refractivity contribution in [2.75, 3.05) is 14.2 Å². The first-order chi connectivity index (χ1) is 13.6. The SMILES string of the molecule is COc1cc2ncnc(-c3ccc(CN(C4CC4)S(=O)O)cc3)c2cc1OC. The highest BCUT2D eigenvalue weighted by atomic mass is 32.2. The molecule has 1 N–H and O–H groups in total. The normalized spacial score (nSPS) is 15.0. The molecule has 1 aliphatic rings. The third-order valence-corrected chi connectivity index (χ3v) is 5.69. The minimum Gasteiger partial charge on any atom is -0.493 e. The van der Waals surface area contributed by atoms with Gasteiger partial charge in [0.05, 0.1) is 25.4 Å². The predicted molar refractivity (Wildman–Crippen MR) is 107 cm³/mol. The molecule has 28 heavy (non-hydrogen) atoms. The second kappa shape index (κ2) is 7.83. The molecule has 146 valence electrons. The third-order valence-electron chi connectivity index (χ3n) is 4.86. The van der Waals surface area contributed by atoms with Crippen LogP contribution in [0.25, 0.3) is 22.2 Å². The summed E-state index contributed by atoms with van der Waals surface area (Å²) in [6.45, 7) is 0.448. The van der Waals surface area contributed by atoms with Crippen LogP contribution in [0.15, 0.2) is 42.7 Å². The summed E-state index contributed by atoms with van der Waals surface area (Å²) < 4.78 is 33.4. The highest BCUT2D eigenvalue weighted by Gasteiger charge is 2.32. The van der Waals surface area contributed by atoms with E-state index in [9.17, 15) is 8.76 Å². The first-order valence-electron chi connectivity index (χ1n) is 8.94. The summed E-state index contributed by atoms with van der Waals surface area (Å²) in [5.74, 6) is 1.24. The summed E-state index contributed by atoms with van der Waals surface area (Å²) in [4.78, 5) is 8.80. The van der Waals surface area contributed by atoms with E-state index in [1.165, 1.54) is 6.33 Å². The maximum absolute atomic E-state index is 11.5. The summed E-state index contributed by atoms with van der Waals surface area (Å²) >= 11 is -1.95. The van der Waals surface area contributed by atoms with Crippen LogP contribution in [0.5, 0.6) is 11.5 Å². The van der Waals surface area contributed by atoms with Gasteiger partial charge in [-0.2, -0.15) is 4.31 Å². The number of nitrogens with zero attached hydrogens (tertiary/aromatic N) is 3. The standard InChI is InChI=1S/C20H21N3O4S/c1-26-18-9-16-17(10-19(18)27-2)21-12-22-20(16)14-5-3-13(4-6-14)11-23(28(24)25)15-7-8-15/h3-6,9-10,12,15H,7-8,11H2,1-2H3,(H,24,25). The van der Waals surface area contributed by atoms with E-state index in [1.54, 1.807) is 18.5 Å². The number of benzene rings is 2. The van der Waals surface area contributed by atoms with E-state index in [0.717, 1.165) is 40.6 Å². The number of aromatic nitrogens is 2. The molecule has 0 amide bonds. The number of fused-ring (bicyclic) bond motifs is 1. The molecule has 0 spiro atoms. The van der Waals surface area contributed by atoms with Crippen LogP contribution in [0.2, 0.25) is 0 Å². The minimum atomic E-state index is -1.95. The van der Waals surface area contributed by atoms with Crippen molar-refractivity contribution in [3.8, 4) is 22.8 Å². The maximum Gasteiger partial charge on any atom is 0.235 e. The number of hydrogen-bond donors (Lipinski definition) is 1. The van der Waals surface area contributed by atoms with E-state index in [1.807, 2.05) is 36.4 Å². The van der Waals surface area contributed by atoms with E-state index in [4.69, 9.17) is 9.47 Å². The van der Waals surface area contributed by atoms with Crippen LogP contribution in [-0.4, -0.2) is 43.3 Å². The molecule has 1 atom stereocenters. The summed E-state index contributed by atoms with van der Waals surface area (Å²) in [5.41, 5.74) is 3.48. The van der Waals surface area contributed by atoms with Gasteiger partial charge >= 0.3 is 0 Å². The van der Waals surface area contributed by atoms with Crippen LogP contribution in [0.3, 0.4) is 0 Å². The van der Waals surface area contributed by atoms with Crippen LogP contribution in [0, 0.1) is 0 Å². The van der Waals surface area contributed by atoms with Crippen LogP contribution < -0.4 is 9.47 Å². The average Bonchev–Trinajstić information content (AvgIpc) is 3.55. The van der Waals surface area contributed by atoms with Gasteiger partial charge in [-0.15, -0.1) is 0 Å². The summed E-state index contributed by atoms with van der Waals surface area (Å²) in [5, 5.41) is 0.865. The highest BCUT2D eigenvalue weighted by Crippen LogP contribution is 2.35. The van der Waals surface area contributed by atoms with E-state index in [-0.39, 0.29) is 6.04 Å². The Balaban J connectivity index is 1.67. The lowest BCUT2D eigenvalue weighted by Gasteiger charge is -2.17. The van der Waals surface area contributed by atoms with E-state index in [0.29, 0.717) is 18.0 Å². The smallest absolute Gasteiger partial charge is 0.235 e. The van der Waals surface area contributed by atoms with Gasteiger partial charge in [0, 0.05) is 29.6 Å². The Morgan fingerprint density at radius 1 is 1.11 bits per heavy atom. The molecule has 7 nitrogen and oxygen atoms in total. The molecular formula is C20H21N3O4S. The predicted octanol–water partition coefficient (Wildman–Crippen LogP) is 3.42. The lowest BCUT2D eigenvalue weighted by Crippen LogP contribution is -2.27. The highest BCUT2D eigenvalue weighted by molar-refractivity contribution is 7.76. The summed E-state index contributed by atoms with van der Waals surface area (Å²) in [7, 11) is 3.19. The lowest BCUT2D eigenvalue weighted by atomic mass is 10.0. The Hall–Kier alpha value is -2.55. The zero-order valence-corrected chi connectivity index (χ0v) is 16.5. The van der Waals surface area contributed by atoms with E-state index < -0.39 is 11.3 Å². The molecule has 0 aliphatic heterocycles. The second-order valence-electron chi connectivity index (χ2n) is 6.68. The average molecular weight is 399 g/mol. The zero-order valence-electron chi connectivity index (χ0n) is 15.7. The molecule has 3 aromatic rings. The van der Waals surface area contributed by atoms with Crippen molar-refractivity contribution >= 4 is 22.2 Å². The van der Waals surface area contributed by atoms with Gasteiger partial charge in [0.15, 0.2) is 11.5 Å². The van der Waals surface area contributed by atoms with Gasteiger partial charge in [0.1, 0.15) is 6.33 Å². The fourth-order valence-corrected chi connectivity index (χ4v) is 3.96. The first-order valence-corrected chi connectivity index (χ1v) is 10.0. The van der Waals surface area contributed by atoms with Gasteiger partial charge in [-0.3, -0.25) is 4.55 Å². The molecule has 0 radical (unpaired) electrons. The van der Waals surface area contributed by atoms with Crippen LogP contribution >= 0.6 is 0 Å². The van der Waals surface area contributed by atoms with E-state index in [2.05, 4.69) is 9.97 Å². The largest absolute Gasteiger partial charge is 0.493 e. The van der Waals surface area contributed by atoms with Crippen molar-refractivity contribution in [3.05, 3.63) is 48.3 Å². The maximum atomic E-state index is 11.5. The number of rotatable bonds is 7. The Labute approximate surface area is 165 Å². The minimum absolute atomic E-state index is 0.207. The Morgan fingerprint density at radius 2 is 1.79 bits per heavy atom. The Morgan fingerprint density at radius 3 is 2.39 bits per heavy atom. The molecule has 8 heteroatoms. The lowest BCUT2D eigenvalue weighted by molar-refractivity contribution is 0.356. The molecule has 1 aromatic heterocycles. The zero-order chi connectivity index (χ0) is 19.7. The molecule has 0 bridgehead atoms. The molecule has 1 unspecified atom stereocenters. The van der Waals surface area contributed by atoms with E-state index >= 15 is 0 Å². The van der Waals surface area contributed by atoms with Gasteiger partial charge in [-0.05, 0) is 24.5 Å². The Kier molecular flexibility index (Phi) is 5.25. The number of ether oxygens (including phenoxy) is 2. The molecule has 2 aromatic carbocycles. The number of hydrogen-bond acceptors (Lipinski definition) is 5. The fraction of sp³-hybridized carbons (Fsp3) is 0.300. The van der Waals surface area contributed by atoms with Crippen LogP contribution in [0.4, 0.5) is 0 Å². The monoisotopic (exact) mass is 399 g/mol. The summed E-state index contributed by atoms with van der Waals surface area (Å²) in [6, 6.07) is 11.8. The topological polar surface area (TPSA) is 84.8 Å². The van der Waals surface area contributed by atoms with Crippen molar-refractivity contribution in [1.82, 2.24) is 14.3 Å². The van der Waals surface area contributed by atoms with Gasteiger partial charge in [0.25, 0.3) is 0 Å². The van der Waals surface area contributed by atoms with Crippen molar-refractivity contribution in [2.45, 2.75) is 25.4 Å². The fourth-order valence-electron chi connectivity index (χ4n) is 3.24. The van der Waals surface area contributed by atoms with Crippen molar-refractivity contribution in [2.24, 2.45) is 0 Å². The molecule has 1 saturated carbocycles. The van der Waals surface area contributed by atoms with Gasteiger partial charge in [-0.1, -0.05) is 24.3 Å². The molecule has 0 saturated heterocycles. The van der Waals surface area contributed by atoms with Crippen molar-refractivity contribution in [1.29, 1.82) is 0 Å². The number of methoxy groups -OCH3 is 2. The molecule has 4 rings (SSSR count). The first kappa shape index (κ1) is 18.8. The molecule has 1 heterocycles. The van der Waals surface area contributed by atoms with Crippen LogP contribution in [-0.2, 0) is 17.8 Å². The summed E-state index contributed by atoms with van der Waals surface area (Å²) in [6.07, 6.45) is 3.48. The molecule has 1 aliphatic carbocycles. The van der Waals surface area contributed by atoms with Gasteiger partial charge in [-0.25, -0.2) is 14.2 Å². The van der Waals surface area contributed by atoms with Crippen molar-refractivity contribution in [3.63, 3.8) is 0 Å².